The van der Waals surface area contributed by atoms with Crippen molar-refractivity contribution in [3.8, 4) is 5.75 Å². The van der Waals surface area contributed by atoms with Crippen LogP contribution in [0, 0.1) is 0 Å². The molecule has 0 aliphatic heterocycles. The van der Waals surface area contributed by atoms with E-state index in [-0.39, 0.29) is 17.9 Å². The lowest BCUT2D eigenvalue weighted by atomic mass is 10.1. The zero-order valence-corrected chi connectivity index (χ0v) is 7.47. The van der Waals surface area contributed by atoms with Gasteiger partial charge in [0.1, 0.15) is 11.8 Å². The fraction of sp³-hybridized carbons (Fsp3) is 0.222. The van der Waals surface area contributed by atoms with Crippen LogP contribution in [0.5, 0.6) is 5.75 Å². The molecule has 5 nitrogen and oxygen atoms in total. The molecule has 0 fully saturated rings. The van der Waals surface area contributed by atoms with Crippen molar-refractivity contribution in [1.29, 1.82) is 0 Å². The van der Waals surface area contributed by atoms with Gasteiger partial charge in [-0.2, -0.15) is 0 Å². The van der Waals surface area contributed by atoms with Gasteiger partial charge in [-0.15, -0.1) is 0 Å². The third-order valence-electron chi connectivity index (χ3n) is 1.86. The van der Waals surface area contributed by atoms with E-state index < -0.39 is 12.0 Å². The van der Waals surface area contributed by atoms with Crippen LogP contribution in [0.25, 0.3) is 0 Å². The van der Waals surface area contributed by atoms with Crippen molar-refractivity contribution in [3.63, 3.8) is 0 Å². The van der Waals surface area contributed by atoms with Gasteiger partial charge >= 0.3 is 5.97 Å². The van der Waals surface area contributed by atoms with Crippen molar-refractivity contribution >= 4 is 11.7 Å². The van der Waals surface area contributed by atoms with Crippen LogP contribution in [-0.2, 0) is 11.2 Å². The number of aliphatic carboxylic acids is 1. The molecule has 1 unspecified atom stereocenters. The molecule has 0 saturated heterocycles. The maximum atomic E-state index is 10.4. The molecule has 1 atom stereocenters. The van der Waals surface area contributed by atoms with Gasteiger partial charge in [0.25, 0.3) is 0 Å². The van der Waals surface area contributed by atoms with Crippen LogP contribution in [0.2, 0.25) is 0 Å². The number of hydrogen-bond acceptors (Lipinski definition) is 4. The van der Waals surface area contributed by atoms with Gasteiger partial charge in [0.15, 0.2) is 0 Å². The molecule has 0 radical (unpaired) electrons. The van der Waals surface area contributed by atoms with Crippen LogP contribution >= 0.6 is 0 Å². The summed E-state index contributed by atoms with van der Waals surface area (Å²) in [5.41, 5.74) is 11.7. The number of nitrogens with two attached hydrogens (primary N) is 2. The predicted octanol–water partition coefficient (Wildman–Crippen LogP) is -0.0712. The second kappa shape index (κ2) is 3.97. The van der Waals surface area contributed by atoms with Gasteiger partial charge in [-0.1, -0.05) is 6.07 Å². The molecule has 76 valence electrons. The molecule has 0 heterocycles. The van der Waals surface area contributed by atoms with E-state index in [0.717, 1.165) is 0 Å². The van der Waals surface area contributed by atoms with Crippen LogP contribution in [0.1, 0.15) is 5.56 Å². The highest BCUT2D eigenvalue weighted by atomic mass is 16.4. The molecule has 6 N–H and O–H groups in total. The third kappa shape index (κ3) is 2.37. The zero-order valence-electron chi connectivity index (χ0n) is 7.47. The summed E-state index contributed by atoms with van der Waals surface area (Å²) in [6.07, 6.45) is 0.194. The molecule has 1 aromatic carbocycles. The molecule has 0 aliphatic carbocycles. The van der Waals surface area contributed by atoms with Crippen LogP contribution in [0.4, 0.5) is 5.69 Å². The Morgan fingerprint density at radius 2 is 2.14 bits per heavy atom. The number of phenolic OH excluding ortho intramolecular Hbond substituents is 1. The van der Waals surface area contributed by atoms with E-state index in [9.17, 15) is 4.79 Å². The number of hydrogen-bond donors (Lipinski definition) is 4. The normalized spacial score (nSPS) is 12.4. The number of carboxylic acid groups (broad SMARTS) is 1. The van der Waals surface area contributed by atoms with Crippen molar-refractivity contribution in [1.82, 2.24) is 0 Å². The molecule has 0 amide bonds. The molecule has 14 heavy (non-hydrogen) atoms. The van der Waals surface area contributed by atoms with Crippen molar-refractivity contribution in [3.05, 3.63) is 23.8 Å². The van der Waals surface area contributed by atoms with E-state index in [1.165, 1.54) is 12.1 Å². The highest BCUT2D eigenvalue weighted by molar-refractivity contribution is 5.73. The first-order chi connectivity index (χ1) is 6.50. The Morgan fingerprint density at radius 3 is 2.64 bits per heavy atom. The third-order valence-corrected chi connectivity index (χ3v) is 1.86. The Kier molecular flexibility index (Phi) is 2.93. The van der Waals surface area contributed by atoms with Gasteiger partial charge in [-0.05, 0) is 24.1 Å². The molecular weight excluding hydrogens is 184 g/mol. The largest absolute Gasteiger partial charge is 0.506 e. The number of carbonyl (C=O) groups is 1. The van der Waals surface area contributed by atoms with Crippen LogP contribution in [0.3, 0.4) is 0 Å². The van der Waals surface area contributed by atoms with Crippen molar-refractivity contribution in [2.75, 3.05) is 5.73 Å². The number of anilines is 1. The maximum absolute atomic E-state index is 10.4. The van der Waals surface area contributed by atoms with E-state index in [2.05, 4.69) is 0 Å². The van der Waals surface area contributed by atoms with Crippen LogP contribution < -0.4 is 11.5 Å². The van der Waals surface area contributed by atoms with Crippen molar-refractivity contribution in [2.24, 2.45) is 5.73 Å². The molecule has 0 saturated carbocycles. The van der Waals surface area contributed by atoms with E-state index in [1.807, 2.05) is 0 Å². The molecule has 0 aliphatic rings. The summed E-state index contributed by atoms with van der Waals surface area (Å²) in [4.78, 5) is 10.4. The fourth-order valence-electron chi connectivity index (χ4n) is 1.07. The van der Waals surface area contributed by atoms with Crippen LogP contribution in [-0.4, -0.2) is 22.2 Å². The average Bonchev–Trinajstić information content (AvgIpc) is 2.11. The molecule has 0 bridgehead atoms. The lowest BCUT2D eigenvalue weighted by Crippen LogP contribution is -2.32. The Bertz CT molecular complexity index is 352. The Labute approximate surface area is 81.0 Å². The van der Waals surface area contributed by atoms with Crippen molar-refractivity contribution in [2.45, 2.75) is 12.5 Å². The number of phenols is 1. The predicted molar refractivity (Wildman–Crippen MR) is 51.8 cm³/mol. The topological polar surface area (TPSA) is 110 Å². The number of benzene rings is 1. The maximum Gasteiger partial charge on any atom is 0.320 e. The smallest absolute Gasteiger partial charge is 0.320 e. The standard InChI is InChI=1S/C9H12N2O3/c10-6-3-5(1-2-8(6)12)4-7(11)9(13)14/h1-3,7,12H,4,10-11H2,(H,13,14). The Hall–Kier alpha value is -1.75. The Morgan fingerprint density at radius 1 is 1.50 bits per heavy atom. The number of aromatic hydroxyl groups is 1. The summed E-state index contributed by atoms with van der Waals surface area (Å²) in [5.74, 6) is -1.07. The summed E-state index contributed by atoms with van der Waals surface area (Å²) >= 11 is 0. The summed E-state index contributed by atoms with van der Waals surface area (Å²) in [6.45, 7) is 0. The SMILES string of the molecule is Nc1cc(CC(N)C(=O)O)ccc1O. The second-order valence-corrected chi connectivity index (χ2v) is 3.04. The highest BCUT2D eigenvalue weighted by Crippen LogP contribution is 2.20. The van der Waals surface area contributed by atoms with Gasteiger partial charge in [0.05, 0.1) is 5.69 Å². The zero-order chi connectivity index (χ0) is 10.7. The number of nitrogen functional groups attached to an aromatic ring is 1. The molecule has 0 aromatic heterocycles. The monoisotopic (exact) mass is 196 g/mol. The average molecular weight is 196 g/mol. The first-order valence-electron chi connectivity index (χ1n) is 4.06. The minimum Gasteiger partial charge on any atom is -0.506 e. The first-order valence-corrected chi connectivity index (χ1v) is 4.06. The van der Waals surface area contributed by atoms with Crippen LogP contribution in [0.15, 0.2) is 18.2 Å². The van der Waals surface area contributed by atoms with Gasteiger partial charge in [-0.25, -0.2) is 0 Å². The van der Waals surface area contributed by atoms with E-state index in [1.54, 1.807) is 6.07 Å². The van der Waals surface area contributed by atoms with Gasteiger partial charge in [0, 0.05) is 0 Å². The Balaban J connectivity index is 2.78. The number of carboxylic acids is 1. The summed E-state index contributed by atoms with van der Waals surface area (Å²) < 4.78 is 0. The molecule has 1 rings (SSSR count). The van der Waals surface area contributed by atoms with Crippen molar-refractivity contribution < 1.29 is 15.0 Å². The highest BCUT2D eigenvalue weighted by Gasteiger charge is 2.12. The number of rotatable bonds is 3. The molecule has 0 spiro atoms. The van der Waals surface area contributed by atoms with Gasteiger partial charge < -0.3 is 21.7 Å². The van der Waals surface area contributed by atoms with E-state index in [0.29, 0.717) is 5.56 Å². The van der Waals surface area contributed by atoms with E-state index in [4.69, 9.17) is 21.7 Å². The van der Waals surface area contributed by atoms with Gasteiger partial charge in [0.2, 0.25) is 0 Å². The second-order valence-electron chi connectivity index (χ2n) is 3.04. The summed E-state index contributed by atoms with van der Waals surface area (Å²) in [7, 11) is 0. The lowest BCUT2D eigenvalue weighted by Gasteiger charge is -2.07. The summed E-state index contributed by atoms with van der Waals surface area (Å²) in [5, 5.41) is 17.7. The first kappa shape index (κ1) is 10.3. The quantitative estimate of drug-likeness (QED) is 0.399. The molecular formula is C9H12N2O3. The minimum absolute atomic E-state index is 0.0161. The fourth-order valence-corrected chi connectivity index (χ4v) is 1.07. The van der Waals surface area contributed by atoms with Gasteiger partial charge in [-0.3, -0.25) is 4.79 Å². The lowest BCUT2D eigenvalue weighted by molar-refractivity contribution is -0.138. The summed E-state index contributed by atoms with van der Waals surface area (Å²) in [6, 6.07) is 3.57. The minimum atomic E-state index is -1.06. The molecule has 5 heteroatoms. The van der Waals surface area contributed by atoms with E-state index >= 15 is 0 Å². The molecule has 1 aromatic rings.